The van der Waals surface area contributed by atoms with Crippen molar-refractivity contribution in [3.05, 3.63) is 31.1 Å². The first-order valence-electron chi connectivity index (χ1n) is 6.11. The molecule has 17 heavy (non-hydrogen) atoms. The first-order valence-corrected chi connectivity index (χ1v) is 6.11. The summed E-state index contributed by atoms with van der Waals surface area (Å²) in [7, 11) is 0. The Labute approximate surface area is 102 Å². The smallest absolute Gasteiger partial charge is 0.202 e. The van der Waals surface area contributed by atoms with E-state index in [9.17, 15) is 0 Å². The Morgan fingerprint density at radius 2 is 2.18 bits per heavy atom. The van der Waals surface area contributed by atoms with Crippen LogP contribution < -0.4 is 5.32 Å². The van der Waals surface area contributed by atoms with Gasteiger partial charge in [0.2, 0.25) is 5.95 Å². The molecule has 0 aliphatic heterocycles. The van der Waals surface area contributed by atoms with Crippen LogP contribution in [0.1, 0.15) is 19.8 Å². The Morgan fingerprint density at radius 1 is 1.24 bits per heavy atom. The summed E-state index contributed by atoms with van der Waals surface area (Å²) >= 11 is 0. The lowest BCUT2D eigenvalue weighted by molar-refractivity contribution is 0.581. The largest absolute Gasteiger partial charge is 0.356 e. The highest BCUT2D eigenvalue weighted by Crippen LogP contribution is 2.05. The van der Waals surface area contributed by atoms with E-state index in [1.807, 2.05) is 24.9 Å². The molecule has 0 atom stereocenters. The monoisotopic (exact) mass is 233 g/mol. The van der Waals surface area contributed by atoms with Crippen LogP contribution in [-0.2, 0) is 13.1 Å². The first-order chi connectivity index (χ1) is 8.40. The van der Waals surface area contributed by atoms with E-state index in [0.717, 1.165) is 25.6 Å². The van der Waals surface area contributed by atoms with Crippen LogP contribution in [0, 0.1) is 0 Å². The van der Waals surface area contributed by atoms with Crippen molar-refractivity contribution in [1.82, 2.24) is 19.1 Å². The van der Waals surface area contributed by atoms with Crippen LogP contribution in [0.5, 0.6) is 0 Å². The minimum atomic E-state index is 0.908. The fourth-order valence-corrected chi connectivity index (χ4v) is 1.68. The molecule has 5 heteroatoms. The van der Waals surface area contributed by atoms with E-state index in [1.165, 1.54) is 12.8 Å². The molecule has 2 rings (SSSR count). The van der Waals surface area contributed by atoms with Crippen LogP contribution in [0.2, 0.25) is 0 Å². The number of nitrogens with zero attached hydrogens (tertiary/aromatic N) is 4. The number of nitrogens with one attached hydrogen (secondary N) is 1. The number of aromatic nitrogens is 4. The maximum absolute atomic E-state index is 4.31. The van der Waals surface area contributed by atoms with Crippen molar-refractivity contribution >= 4 is 5.95 Å². The summed E-state index contributed by atoms with van der Waals surface area (Å²) in [6.07, 6.45) is 11.8. The second kappa shape index (κ2) is 6.08. The molecule has 2 aromatic heterocycles. The normalized spacial score (nSPS) is 10.6. The number of unbranched alkanes of at least 4 members (excludes halogenated alkanes) is 1. The summed E-state index contributed by atoms with van der Waals surface area (Å²) in [5.74, 6) is 0.957. The number of anilines is 1. The van der Waals surface area contributed by atoms with Crippen LogP contribution in [0.25, 0.3) is 0 Å². The van der Waals surface area contributed by atoms with Crippen molar-refractivity contribution in [2.75, 3.05) is 11.9 Å². The predicted molar refractivity (Wildman–Crippen MR) is 67.9 cm³/mol. The number of hydrogen-bond donors (Lipinski definition) is 1. The van der Waals surface area contributed by atoms with Gasteiger partial charge in [0, 0.05) is 44.4 Å². The lowest BCUT2D eigenvalue weighted by Crippen LogP contribution is -2.11. The molecule has 0 fully saturated rings. The Bertz CT molecular complexity index is 418. The minimum Gasteiger partial charge on any atom is -0.356 e. The maximum Gasteiger partial charge on any atom is 0.202 e. The number of imidazole rings is 2. The van der Waals surface area contributed by atoms with E-state index < -0.39 is 0 Å². The predicted octanol–water partition coefficient (Wildman–Crippen LogP) is 1.99. The molecule has 0 amide bonds. The van der Waals surface area contributed by atoms with Crippen LogP contribution in [0.15, 0.2) is 31.1 Å². The van der Waals surface area contributed by atoms with Gasteiger partial charge in [-0.1, -0.05) is 13.3 Å². The molecule has 0 aromatic carbocycles. The highest BCUT2D eigenvalue weighted by molar-refractivity contribution is 5.25. The van der Waals surface area contributed by atoms with E-state index in [1.54, 1.807) is 6.20 Å². The molecular weight excluding hydrogens is 214 g/mol. The van der Waals surface area contributed by atoms with E-state index in [2.05, 4.69) is 31.3 Å². The molecular formula is C12H19N5. The summed E-state index contributed by atoms with van der Waals surface area (Å²) < 4.78 is 4.20. The standard InChI is InChI=1S/C12H19N5/c1-2-3-4-14-12-15-6-8-17(12)10-9-16-7-5-13-11-16/h5-8,11H,2-4,9-10H2,1H3,(H,14,15). The van der Waals surface area contributed by atoms with E-state index in [-0.39, 0.29) is 0 Å². The third kappa shape index (κ3) is 3.34. The third-order valence-electron chi connectivity index (χ3n) is 2.69. The first kappa shape index (κ1) is 11.7. The zero-order valence-corrected chi connectivity index (χ0v) is 10.2. The van der Waals surface area contributed by atoms with Crippen molar-refractivity contribution in [3.8, 4) is 0 Å². The second-order valence-electron chi connectivity index (χ2n) is 4.03. The summed E-state index contributed by atoms with van der Waals surface area (Å²) in [6, 6.07) is 0. The summed E-state index contributed by atoms with van der Waals surface area (Å²) in [5, 5.41) is 3.35. The summed E-state index contributed by atoms with van der Waals surface area (Å²) in [5.41, 5.74) is 0. The number of hydrogen-bond acceptors (Lipinski definition) is 3. The molecule has 0 unspecified atom stereocenters. The van der Waals surface area contributed by atoms with E-state index in [4.69, 9.17) is 0 Å². The molecule has 5 nitrogen and oxygen atoms in total. The highest BCUT2D eigenvalue weighted by atomic mass is 15.2. The molecule has 0 spiro atoms. The molecule has 0 saturated heterocycles. The van der Waals surface area contributed by atoms with Gasteiger partial charge in [0.1, 0.15) is 0 Å². The van der Waals surface area contributed by atoms with Crippen molar-refractivity contribution in [3.63, 3.8) is 0 Å². The van der Waals surface area contributed by atoms with Gasteiger partial charge < -0.3 is 14.5 Å². The van der Waals surface area contributed by atoms with Gasteiger partial charge >= 0.3 is 0 Å². The van der Waals surface area contributed by atoms with E-state index >= 15 is 0 Å². The minimum absolute atomic E-state index is 0.908. The lowest BCUT2D eigenvalue weighted by atomic mass is 10.3. The molecule has 2 heterocycles. The lowest BCUT2D eigenvalue weighted by Gasteiger charge is -2.09. The fraction of sp³-hybridized carbons (Fsp3) is 0.500. The van der Waals surface area contributed by atoms with Crippen LogP contribution in [-0.4, -0.2) is 25.6 Å². The zero-order chi connectivity index (χ0) is 11.9. The SMILES string of the molecule is CCCCNc1nccn1CCn1ccnc1. The van der Waals surface area contributed by atoms with Gasteiger partial charge in [0.25, 0.3) is 0 Å². The Kier molecular flexibility index (Phi) is 4.18. The average Bonchev–Trinajstić information content (AvgIpc) is 2.97. The van der Waals surface area contributed by atoms with Crippen molar-refractivity contribution in [2.45, 2.75) is 32.9 Å². The maximum atomic E-state index is 4.31. The third-order valence-corrected chi connectivity index (χ3v) is 2.69. The van der Waals surface area contributed by atoms with Gasteiger partial charge in [-0.15, -0.1) is 0 Å². The van der Waals surface area contributed by atoms with Crippen molar-refractivity contribution < 1.29 is 0 Å². The molecule has 92 valence electrons. The van der Waals surface area contributed by atoms with E-state index in [0.29, 0.717) is 0 Å². The average molecular weight is 233 g/mol. The Balaban J connectivity index is 1.85. The number of rotatable bonds is 7. The van der Waals surface area contributed by atoms with Crippen molar-refractivity contribution in [1.29, 1.82) is 0 Å². The number of aryl methyl sites for hydroxylation is 2. The summed E-state index contributed by atoms with van der Waals surface area (Å²) in [6.45, 7) is 5.00. The molecule has 0 radical (unpaired) electrons. The highest BCUT2D eigenvalue weighted by Gasteiger charge is 2.01. The van der Waals surface area contributed by atoms with Gasteiger partial charge in [0.15, 0.2) is 0 Å². The zero-order valence-electron chi connectivity index (χ0n) is 10.2. The molecule has 0 bridgehead atoms. The van der Waals surface area contributed by atoms with Gasteiger partial charge in [-0.25, -0.2) is 9.97 Å². The van der Waals surface area contributed by atoms with Crippen molar-refractivity contribution in [2.24, 2.45) is 0 Å². The Morgan fingerprint density at radius 3 is 2.94 bits per heavy atom. The van der Waals surface area contributed by atoms with Crippen LogP contribution >= 0.6 is 0 Å². The van der Waals surface area contributed by atoms with Gasteiger partial charge in [0.05, 0.1) is 6.33 Å². The molecule has 1 N–H and O–H groups in total. The summed E-state index contributed by atoms with van der Waals surface area (Å²) in [4.78, 5) is 8.34. The topological polar surface area (TPSA) is 47.7 Å². The van der Waals surface area contributed by atoms with Crippen LogP contribution in [0.4, 0.5) is 5.95 Å². The quantitative estimate of drug-likeness (QED) is 0.744. The second-order valence-corrected chi connectivity index (χ2v) is 4.03. The molecule has 0 aliphatic carbocycles. The van der Waals surface area contributed by atoms with Gasteiger partial charge in [-0.05, 0) is 6.42 Å². The fourth-order valence-electron chi connectivity index (χ4n) is 1.68. The Hall–Kier alpha value is -1.78. The van der Waals surface area contributed by atoms with Gasteiger partial charge in [-0.2, -0.15) is 0 Å². The molecule has 0 aliphatic rings. The van der Waals surface area contributed by atoms with Gasteiger partial charge in [-0.3, -0.25) is 0 Å². The molecule has 2 aromatic rings. The van der Waals surface area contributed by atoms with Crippen LogP contribution in [0.3, 0.4) is 0 Å². The molecule has 0 saturated carbocycles.